The van der Waals surface area contributed by atoms with Gasteiger partial charge in [0.2, 0.25) is 6.33 Å². The fourth-order valence-corrected chi connectivity index (χ4v) is 1.89. The summed E-state index contributed by atoms with van der Waals surface area (Å²) in [4.78, 5) is 0. The van der Waals surface area contributed by atoms with Gasteiger partial charge >= 0.3 is 0 Å². The molecular weight excluding hydrogens is 200 g/mol. The van der Waals surface area contributed by atoms with E-state index in [2.05, 4.69) is 24.0 Å². The van der Waals surface area contributed by atoms with E-state index in [0.717, 1.165) is 6.54 Å². The Balaban J connectivity index is 2.07. The van der Waals surface area contributed by atoms with E-state index in [-0.39, 0.29) is 6.61 Å². The molecule has 0 bridgehead atoms. The number of nitrogens with zero attached hydrogens (tertiary/aromatic N) is 2. The van der Waals surface area contributed by atoms with Crippen LogP contribution >= 0.6 is 0 Å². The van der Waals surface area contributed by atoms with Crippen LogP contribution in [0.15, 0.2) is 18.7 Å². The molecule has 0 aliphatic carbocycles. The van der Waals surface area contributed by atoms with Crippen molar-refractivity contribution in [1.82, 2.24) is 4.57 Å². The minimum absolute atomic E-state index is 0.214. The molecule has 0 saturated carbocycles. The summed E-state index contributed by atoms with van der Waals surface area (Å²) in [6.07, 6.45) is 14.2. The molecule has 0 fully saturated rings. The van der Waals surface area contributed by atoms with Gasteiger partial charge in [0.1, 0.15) is 18.9 Å². The first-order chi connectivity index (χ1) is 7.86. The Kier molecular flexibility index (Phi) is 6.90. The van der Waals surface area contributed by atoms with Gasteiger partial charge < -0.3 is 5.11 Å². The average Bonchev–Trinajstić information content (AvgIpc) is 2.72. The van der Waals surface area contributed by atoms with E-state index in [1.807, 2.05) is 10.8 Å². The van der Waals surface area contributed by atoms with Crippen molar-refractivity contribution in [3.8, 4) is 0 Å². The Morgan fingerprint density at radius 2 is 1.88 bits per heavy atom. The maximum atomic E-state index is 8.80. The number of imidazole rings is 1. The minimum atomic E-state index is 0.214. The maximum Gasteiger partial charge on any atom is 0.243 e. The second-order valence-corrected chi connectivity index (χ2v) is 4.38. The second kappa shape index (κ2) is 8.34. The summed E-state index contributed by atoms with van der Waals surface area (Å²) >= 11 is 0. The molecule has 0 unspecified atom stereocenters. The van der Waals surface area contributed by atoms with E-state index >= 15 is 0 Å². The SMILES string of the molecule is CCCCCCCC[n+]1ccn(CCO)c1. The maximum absolute atomic E-state index is 8.80. The Bertz CT molecular complexity index is 271. The van der Waals surface area contributed by atoms with Gasteiger partial charge in [-0.15, -0.1) is 0 Å². The Hall–Kier alpha value is -0.830. The van der Waals surface area contributed by atoms with Gasteiger partial charge in [-0.25, -0.2) is 9.13 Å². The third-order valence-corrected chi connectivity index (χ3v) is 2.87. The summed E-state index contributed by atoms with van der Waals surface area (Å²) in [5, 5.41) is 8.80. The number of aliphatic hydroxyl groups excluding tert-OH is 1. The minimum Gasteiger partial charge on any atom is -0.392 e. The molecule has 0 saturated heterocycles. The third-order valence-electron chi connectivity index (χ3n) is 2.87. The van der Waals surface area contributed by atoms with Gasteiger partial charge in [0.05, 0.1) is 13.2 Å². The van der Waals surface area contributed by atoms with Crippen molar-refractivity contribution >= 4 is 0 Å². The van der Waals surface area contributed by atoms with Crippen molar-refractivity contribution in [2.75, 3.05) is 6.61 Å². The van der Waals surface area contributed by atoms with Crippen LogP contribution in [0.4, 0.5) is 0 Å². The number of aryl methyl sites for hydroxylation is 1. The van der Waals surface area contributed by atoms with Crippen molar-refractivity contribution in [3.63, 3.8) is 0 Å². The molecule has 0 amide bonds. The zero-order valence-corrected chi connectivity index (χ0v) is 10.4. The fraction of sp³-hybridized carbons (Fsp3) is 0.769. The lowest BCUT2D eigenvalue weighted by molar-refractivity contribution is -0.696. The first kappa shape index (κ1) is 13.2. The Morgan fingerprint density at radius 1 is 1.12 bits per heavy atom. The monoisotopic (exact) mass is 225 g/mol. The van der Waals surface area contributed by atoms with Crippen molar-refractivity contribution in [1.29, 1.82) is 0 Å². The van der Waals surface area contributed by atoms with Crippen LogP contribution in [-0.2, 0) is 13.1 Å². The highest BCUT2D eigenvalue weighted by atomic mass is 16.3. The van der Waals surface area contributed by atoms with Crippen LogP contribution in [0.1, 0.15) is 45.4 Å². The summed E-state index contributed by atoms with van der Waals surface area (Å²) in [6.45, 7) is 4.26. The zero-order chi connectivity index (χ0) is 11.6. The van der Waals surface area contributed by atoms with Crippen LogP contribution in [-0.4, -0.2) is 16.3 Å². The normalized spacial score (nSPS) is 10.9. The molecule has 0 aliphatic rings. The molecule has 1 aromatic rings. The van der Waals surface area contributed by atoms with Crippen molar-refractivity contribution in [2.45, 2.75) is 58.5 Å². The molecule has 16 heavy (non-hydrogen) atoms. The summed E-state index contributed by atoms with van der Waals surface area (Å²) < 4.78 is 4.23. The molecule has 1 heterocycles. The van der Waals surface area contributed by atoms with Gasteiger partial charge in [-0.05, 0) is 12.8 Å². The molecule has 1 aromatic heterocycles. The molecule has 0 spiro atoms. The van der Waals surface area contributed by atoms with Crippen LogP contribution in [0.5, 0.6) is 0 Å². The lowest BCUT2D eigenvalue weighted by Gasteiger charge is -1.98. The fourth-order valence-electron chi connectivity index (χ4n) is 1.89. The van der Waals surface area contributed by atoms with E-state index in [0.29, 0.717) is 6.54 Å². The predicted molar refractivity (Wildman–Crippen MR) is 65.1 cm³/mol. The number of aliphatic hydroxyl groups is 1. The lowest BCUT2D eigenvalue weighted by Crippen LogP contribution is -2.30. The van der Waals surface area contributed by atoms with Gasteiger partial charge in [0, 0.05) is 0 Å². The first-order valence-corrected chi connectivity index (χ1v) is 6.52. The standard InChI is InChI=1S/C13H25N2O/c1-2-3-4-5-6-7-8-14-9-10-15(13-14)11-12-16/h9-10,13,16H,2-8,11-12H2,1H3/q+1. The lowest BCUT2D eigenvalue weighted by atomic mass is 10.1. The van der Waals surface area contributed by atoms with Gasteiger partial charge in [0.25, 0.3) is 0 Å². The van der Waals surface area contributed by atoms with Crippen LogP contribution in [0, 0.1) is 0 Å². The van der Waals surface area contributed by atoms with Crippen LogP contribution in [0.25, 0.3) is 0 Å². The van der Waals surface area contributed by atoms with Crippen molar-refractivity contribution < 1.29 is 9.67 Å². The smallest absolute Gasteiger partial charge is 0.243 e. The first-order valence-electron chi connectivity index (χ1n) is 6.52. The predicted octanol–water partition coefficient (Wildman–Crippen LogP) is 2.13. The molecule has 92 valence electrons. The highest BCUT2D eigenvalue weighted by Gasteiger charge is 2.02. The molecule has 0 radical (unpaired) electrons. The molecular formula is C13H25N2O+. The summed E-state index contributed by atoms with van der Waals surface area (Å²) in [7, 11) is 0. The van der Waals surface area contributed by atoms with Crippen molar-refractivity contribution in [2.24, 2.45) is 0 Å². The molecule has 0 atom stereocenters. The molecule has 1 rings (SSSR count). The van der Waals surface area contributed by atoms with Gasteiger partial charge in [-0.3, -0.25) is 0 Å². The van der Waals surface area contributed by atoms with E-state index in [9.17, 15) is 0 Å². The van der Waals surface area contributed by atoms with E-state index < -0.39 is 0 Å². The third kappa shape index (κ3) is 5.31. The number of aromatic nitrogens is 2. The Morgan fingerprint density at radius 3 is 2.62 bits per heavy atom. The highest BCUT2D eigenvalue weighted by Crippen LogP contribution is 2.04. The summed E-state index contributed by atoms with van der Waals surface area (Å²) in [5.41, 5.74) is 0. The quantitative estimate of drug-likeness (QED) is 0.506. The summed E-state index contributed by atoms with van der Waals surface area (Å²) in [5.74, 6) is 0. The van der Waals surface area contributed by atoms with Crippen LogP contribution in [0.3, 0.4) is 0 Å². The van der Waals surface area contributed by atoms with Gasteiger partial charge in [0.15, 0.2) is 0 Å². The molecule has 0 aromatic carbocycles. The van der Waals surface area contributed by atoms with Crippen LogP contribution in [0.2, 0.25) is 0 Å². The average molecular weight is 225 g/mol. The molecule has 1 N–H and O–H groups in total. The number of unbranched alkanes of at least 4 members (excludes halogenated alkanes) is 5. The summed E-state index contributed by atoms with van der Waals surface area (Å²) in [6, 6.07) is 0. The van der Waals surface area contributed by atoms with E-state index in [1.54, 1.807) is 0 Å². The van der Waals surface area contributed by atoms with Crippen molar-refractivity contribution in [3.05, 3.63) is 18.7 Å². The molecule has 0 aliphatic heterocycles. The van der Waals surface area contributed by atoms with E-state index in [1.165, 1.54) is 38.5 Å². The van der Waals surface area contributed by atoms with Crippen LogP contribution < -0.4 is 4.57 Å². The topological polar surface area (TPSA) is 29.0 Å². The second-order valence-electron chi connectivity index (χ2n) is 4.38. The largest absolute Gasteiger partial charge is 0.392 e. The van der Waals surface area contributed by atoms with Gasteiger partial charge in [-0.2, -0.15) is 0 Å². The Labute approximate surface area is 98.7 Å². The number of hydrogen-bond acceptors (Lipinski definition) is 1. The highest BCUT2D eigenvalue weighted by molar-refractivity contribution is 4.65. The number of hydrogen-bond donors (Lipinski definition) is 1. The zero-order valence-electron chi connectivity index (χ0n) is 10.4. The molecule has 3 nitrogen and oxygen atoms in total. The van der Waals surface area contributed by atoms with E-state index in [4.69, 9.17) is 5.11 Å². The van der Waals surface area contributed by atoms with Gasteiger partial charge in [-0.1, -0.05) is 32.6 Å². The number of rotatable bonds is 9. The molecule has 3 heteroatoms.